The molecular weight excluding hydrogens is 384 g/mol. The third kappa shape index (κ3) is 2.58. The van der Waals surface area contributed by atoms with Crippen molar-refractivity contribution in [2.45, 2.75) is 98.8 Å². The fourth-order valence-electron chi connectivity index (χ4n) is 9.62. The first-order valence-electron chi connectivity index (χ1n) is 12.8. The number of hydrogen-bond acceptors (Lipinski definition) is 3. The van der Waals surface area contributed by atoms with Crippen molar-refractivity contribution in [2.75, 3.05) is 7.11 Å². The van der Waals surface area contributed by atoms with Crippen LogP contribution >= 0.6 is 0 Å². The number of allylic oxidation sites excluding steroid dienone is 2. The summed E-state index contributed by atoms with van der Waals surface area (Å²) in [6.07, 6.45) is 12.9. The number of methoxy groups -OCH3 is 1. The quantitative estimate of drug-likeness (QED) is 0.355. The van der Waals surface area contributed by atoms with Crippen LogP contribution in [0.2, 0.25) is 0 Å². The van der Waals surface area contributed by atoms with Crippen molar-refractivity contribution < 1.29 is 14.3 Å². The van der Waals surface area contributed by atoms with Gasteiger partial charge in [0.2, 0.25) is 0 Å². The number of fused-ring (bicyclic) bond motifs is 7. The molecule has 0 amide bonds. The number of rotatable bonds is 1. The standard InChI is InChI=1S/C28H42O3/c1-24(2)13-15-28(23(30)31-6)16-14-26(4)18(20(28)17-24)7-8-22-25(3)11-10-21(29)19(25)9-12-27(22,26)5/h7,19-20,22H,8-17H2,1-6H3/t19-,20+,22-,25+,26-,27-,28+/m1/s1. The van der Waals surface area contributed by atoms with E-state index in [1.54, 1.807) is 12.7 Å². The average molecular weight is 427 g/mol. The molecule has 3 heteroatoms. The molecule has 31 heavy (non-hydrogen) atoms. The summed E-state index contributed by atoms with van der Waals surface area (Å²) in [5.74, 6) is 1.69. The van der Waals surface area contributed by atoms with Gasteiger partial charge in [-0.1, -0.05) is 46.3 Å². The topological polar surface area (TPSA) is 43.4 Å². The summed E-state index contributed by atoms with van der Waals surface area (Å²) >= 11 is 0. The van der Waals surface area contributed by atoms with Crippen LogP contribution in [0.3, 0.4) is 0 Å². The molecule has 0 aromatic rings. The zero-order valence-corrected chi connectivity index (χ0v) is 20.6. The van der Waals surface area contributed by atoms with Gasteiger partial charge >= 0.3 is 5.97 Å². The number of ether oxygens (including phenoxy) is 1. The van der Waals surface area contributed by atoms with Crippen LogP contribution in [0.5, 0.6) is 0 Å². The van der Waals surface area contributed by atoms with Crippen LogP contribution in [0.15, 0.2) is 11.6 Å². The minimum Gasteiger partial charge on any atom is -0.469 e. The Morgan fingerprint density at radius 2 is 1.68 bits per heavy atom. The van der Waals surface area contributed by atoms with Crippen LogP contribution < -0.4 is 0 Å². The molecule has 3 nitrogen and oxygen atoms in total. The number of esters is 1. The summed E-state index contributed by atoms with van der Waals surface area (Å²) < 4.78 is 5.44. The van der Waals surface area contributed by atoms with Gasteiger partial charge in [0.1, 0.15) is 5.78 Å². The van der Waals surface area contributed by atoms with E-state index >= 15 is 0 Å². The van der Waals surface area contributed by atoms with Crippen molar-refractivity contribution >= 4 is 11.8 Å². The first-order valence-corrected chi connectivity index (χ1v) is 12.8. The van der Waals surface area contributed by atoms with E-state index in [2.05, 4.69) is 40.7 Å². The largest absolute Gasteiger partial charge is 0.469 e. The maximum atomic E-state index is 13.2. The summed E-state index contributed by atoms with van der Waals surface area (Å²) in [4.78, 5) is 25.9. The molecule has 4 fully saturated rings. The third-order valence-electron chi connectivity index (χ3n) is 11.8. The number of carbonyl (C=O) groups is 2. The molecule has 0 N–H and O–H groups in total. The molecule has 0 aliphatic heterocycles. The summed E-state index contributed by atoms with van der Waals surface area (Å²) in [6.45, 7) is 12.3. The maximum absolute atomic E-state index is 13.2. The number of hydrogen-bond donors (Lipinski definition) is 0. The van der Waals surface area contributed by atoms with Gasteiger partial charge in [0.05, 0.1) is 12.5 Å². The smallest absolute Gasteiger partial charge is 0.312 e. The lowest BCUT2D eigenvalue weighted by Gasteiger charge is -2.68. The molecule has 0 bridgehead atoms. The Morgan fingerprint density at radius 1 is 0.968 bits per heavy atom. The summed E-state index contributed by atoms with van der Waals surface area (Å²) in [6, 6.07) is 0. The van der Waals surface area contributed by atoms with Crippen molar-refractivity contribution in [3.63, 3.8) is 0 Å². The molecule has 0 heterocycles. The molecule has 0 spiro atoms. The molecule has 5 aliphatic rings. The molecule has 5 aliphatic carbocycles. The SMILES string of the molecule is COC(=O)[C@]12CCC(C)(C)C[C@H]1C1=CC[C@@H]3[C@@]4(C)CCC(=O)[C@H]4CC[C@@]3(C)[C@]1(C)CC2. The van der Waals surface area contributed by atoms with Gasteiger partial charge in [-0.25, -0.2) is 0 Å². The van der Waals surface area contributed by atoms with Crippen LogP contribution in [0.1, 0.15) is 98.8 Å². The van der Waals surface area contributed by atoms with Gasteiger partial charge in [-0.2, -0.15) is 0 Å². The monoisotopic (exact) mass is 426 g/mol. The van der Waals surface area contributed by atoms with Crippen LogP contribution in [0, 0.1) is 44.8 Å². The Morgan fingerprint density at radius 3 is 2.39 bits per heavy atom. The van der Waals surface area contributed by atoms with E-state index in [0.29, 0.717) is 17.6 Å². The van der Waals surface area contributed by atoms with Crippen LogP contribution in [0.25, 0.3) is 0 Å². The van der Waals surface area contributed by atoms with Crippen molar-refractivity contribution in [3.8, 4) is 0 Å². The molecule has 5 rings (SSSR count). The van der Waals surface area contributed by atoms with Gasteiger partial charge in [0, 0.05) is 12.3 Å². The predicted octanol–water partition coefficient (Wildman–Crippen LogP) is 6.50. The van der Waals surface area contributed by atoms with Gasteiger partial charge in [0.15, 0.2) is 0 Å². The summed E-state index contributed by atoms with van der Waals surface area (Å²) in [5.41, 5.74) is 1.98. The first-order chi connectivity index (χ1) is 14.4. The number of carbonyl (C=O) groups excluding carboxylic acids is 2. The molecule has 0 unspecified atom stereocenters. The van der Waals surface area contributed by atoms with Gasteiger partial charge in [-0.15, -0.1) is 0 Å². The predicted molar refractivity (Wildman–Crippen MR) is 122 cm³/mol. The summed E-state index contributed by atoms with van der Waals surface area (Å²) in [5, 5.41) is 0. The van der Waals surface area contributed by atoms with Crippen LogP contribution in [-0.4, -0.2) is 18.9 Å². The molecule has 0 aromatic heterocycles. The van der Waals surface area contributed by atoms with Crippen molar-refractivity contribution in [1.29, 1.82) is 0 Å². The van der Waals surface area contributed by atoms with E-state index in [-0.39, 0.29) is 39.0 Å². The molecule has 0 saturated heterocycles. The normalized spacial score (nSPS) is 50.5. The van der Waals surface area contributed by atoms with E-state index in [1.807, 2.05) is 0 Å². The van der Waals surface area contributed by atoms with E-state index < -0.39 is 0 Å². The second-order valence-corrected chi connectivity index (χ2v) is 13.3. The number of ketones is 1. The van der Waals surface area contributed by atoms with Gasteiger partial charge in [0.25, 0.3) is 0 Å². The second kappa shape index (κ2) is 6.48. The molecule has 4 saturated carbocycles. The van der Waals surface area contributed by atoms with E-state index in [4.69, 9.17) is 4.74 Å². The maximum Gasteiger partial charge on any atom is 0.312 e. The Bertz CT molecular complexity index is 854. The van der Waals surface area contributed by atoms with Crippen molar-refractivity contribution in [2.24, 2.45) is 44.8 Å². The van der Waals surface area contributed by atoms with E-state index in [0.717, 1.165) is 64.2 Å². The Balaban J connectivity index is 1.61. The lowest BCUT2D eigenvalue weighted by Crippen LogP contribution is -2.61. The molecule has 7 atom stereocenters. The fourth-order valence-corrected chi connectivity index (χ4v) is 9.62. The molecule has 0 radical (unpaired) electrons. The van der Waals surface area contributed by atoms with Crippen LogP contribution in [-0.2, 0) is 14.3 Å². The molecular formula is C28H42O3. The van der Waals surface area contributed by atoms with Gasteiger partial charge in [-0.05, 0) is 91.3 Å². The zero-order valence-electron chi connectivity index (χ0n) is 20.6. The van der Waals surface area contributed by atoms with E-state index in [9.17, 15) is 9.59 Å². The van der Waals surface area contributed by atoms with Gasteiger partial charge in [-0.3, -0.25) is 9.59 Å². The highest BCUT2D eigenvalue weighted by atomic mass is 16.5. The average Bonchev–Trinajstić information content (AvgIpc) is 3.02. The third-order valence-corrected chi connectivity index (χ3v) is 11.8. The second-order valence-electron chi connectivity index (χ2n) is 13.3. The summed E-state index contributed by atoms with van der Waals surface area (Å²) in [7, 11) is 1.58. The molecule has 0 aromatic carbocycles. The molecule has 172 valence electrons. The Labute approximate surface area is 188 Å². The lowest BCUT2D eigenvalue weighted by molar-refractivity contribution is -0.174. The Kier molecular flexibility index (Phi) is 4.53. The number of Topliss-reactive ketones (excluding diaryl/α,β-unsaturated/α-hetero) is 1. The van der Waals surface area contributed by atoms with E-state index in [1.165, 1.54) is 0 Å². The lowest BCUT2D eigenvalue weighted by atomic mass is 9.36. The highest BCUT2D eigenvalue weighted by Crippen LogP contribution is 2.74. The minimum absolute atomic E-state index is 0.0280. The van der Waals surface area contributed by atoms with Crippen LogP contribution in [0.4, 0.5) is 0 Å². The van der Waals surface area contributed by atoms with Crippen molar-refractivity contribution in [1.82, 2.24) is 0 Å². The Hall–Kier alpha value is -1.12. The first kappa shape index (κ1) is 21.7. The minimum atomic E-state index is -0.330. The van der Waals surface area contributed by atoms with Gasteiger partial charge < -0.3 is 4.74 Å². The highest BCUT2D eigenvalue weighted by molar-refractivity contribution is 5.84. The fraction of sp³-hybridized carbons (Fsp3) is 0.857. The van der Waals surface area contributed by atoms with Crippen molar-refractivity contribution in [3.05, 3.63) is 11.6 Å². The zero-order chi connectivity index (χ0) is 22.4. The highest BCUT2D eigenvalue weighted by Gasteiger charge is 2.68.